The van der Waals surface area contributed by atoms with Crippen LogP contribution in [0.4, 0.5) is 0 Å². The highest BCUT2D eigenvalue weighted by molar-refractivity contribution is 5.86. The zero-order valence-corrected chi connectivity index (χ0v) is 10.9. The van der Waals surface area contributed by atoms with Crippen LogP contribution < -0.4 is 10.4 Å². The Morgan fingerprint density at radius 3 is 2.65 bits per heavy atom. The van der Waals surface area contributed by atoms with E-state index < -0.39 is 17.8 Å². The zero-order valence-electron chi connectivity index (χ0n) is 10.9. The van der Waals surface area contributed by atoms with E-state index in [-0.39, 0.29) is 17.7 Å². The number of nitrogens with zero attached hydrogens (tertiary/aromatic N) is 1. The summed E-state index contributed by atoms with van der Waals surface area (Å²) >= 11 is 0. The van der Waals surface area contributed by atoms with Crippen molar-refractivity contribution in [2.45, 2.75) is 13.0 Å². The molecule has 0 aromatic carbocycles. The summed E-state index contributed by atoms with van der Waals surface area (Å²) in [6, 6.07) is 5.47. The summed E-state index contributed by atoms with van der Waals surface area (Å²) in [6.07, 6.45) is 6.24. The van der Waals surface area contributed by atoms with Crippen LogP contribution in [0.1, 0.15) is 12.1 Å². The number of amides is 1. The molecule has 3 rings (SSSR count). The number of rotatable bonds is 4. The number of nitrogens with one attached hydrogen (secondary N) is 1. The Balaban J connectivity index is 1.68. The highest BCUT2D eigenvalue weighted by Crippen LogP contribution is 2.47. The molecule has 2 bridgehead atoms. The van der Waals surface area contributed by atoms with Gasteiger partial charge in [-0.15, -0.1) is 0 Å². The van der Waals surface area contributed by atoms with E-state index in [2.05, 4.69) is 10.3 Å². The van der Waals surface area contributed by atoms with Gasteiger partial charge in [0.2, 0.25) is 5.91 Å². The van der Waals surface area contributed by atoms with Crippen LogP contribution in [0.5, 0.6) is 0 Å². The summed E-state index contributed by atoms with van der Waals surface area (Å²) in [5, 5.41) is 14.0. The van der Waals surface area contributed by atoms with Crippen molar-refractivity contribution in [3.05, 3.63) is 42.2 Å². The minimum Gasteiger partial charge on any atom is -0.550 e. The smallest absolute Gasteiger partial charge is 0.224 e. The van der Waals surface area contributed by atoms with Gasteiger partial charge in [-0.05, 0) is 30.4 Å². The first-order chi connectivity index (χ1) is 9.66. The number of fused-ring (bicyclic) bond motifs is 2. The molecule has 1 heterocycles. The molecule has 1 fully saturated rings. The largest absolute Gasteiger partial charge is 0.550 e. The van der Waals surface area contributed by atoms with Gasteiger partial charge in [-0.1, -0.05) is 18.2 Å². The predicted octanol–water partition coefficient (Wildman–Crippen LogP) is -0.114. The van der Waals surface area contributed by atoms with E-state index in [1.807, 2.05) is 24.3 Å². The number of allylic oxidation sites excluding steroid dienone is 2. The van der Waals surface area contributed by atoms with Crippen molar-refractivity contribution in [2.75, 3.05) is 0 Å². The van der Waals surface area contributed by atoms with Crippen LogP contribution in [0.25, 0.3) is 0 Å². The van der Waals surface area contributed by atoms with Crippen molar-refractivity contribution in [1.29, 1.82) is 0 Å². The van der Waals surface area contributed by atoms with E-state index in [1.165, 1.54) is 0 Å². The van der Waals surface area contributed by atoms with Gasteiger partial charge >= 0.3 is 0 Å². The summed E-state index contributed by atoms with van der Waals surface area (Å²) in [5.74, 6) is -2.60. The third kappa shape index (κ3) is 2.19. The lowest BCUT2D eigenvalue weighted by molar-refractivity contribution is -0.313. The number of pyridine rings is 1. The zero-order chi connectivity index (χ0) is 14.1. The van der Waals surface area contributed by atoms with Gasteiger partial charge in [0, 0.05) is 18.1 Å². The molecule has 2 aliphatic rings. The van der Waals surface area contributed by atoms with Crippen molar-refractivity contribution < 1.29 is 14.7 Å². The van der Waals surface area contributed by atoms with Crippen LogP contribution in [0.15, 0.2) is 36.5 Å². The molecule has 0 saturated heterocycles. The number of carbonyl (C=O) groups is 2. The molecule has 4 atom stereocenters. The summed E-state index contributed by atoms with van der Waals surface area (Å²) in [6.45, 7) is 0.317. The third-order valence-corrected chi connectivity index (χ3v) is 4.20. The lowest BCUT2D eigenvalue weighted by Gasteiger charge is -2.27. The summed E-state index contributed by atoms with van der Waals surface area (Å²) < 4.78 is 0. The van der Waals surface area contributed by atoms with Gasteiger partial charge in [0.25, 0.3) is 0 Å². The van der Waals surface area contributed by atoms with Gasteiger partial charge in [0.05, 0.1) is 18.2 Å². The minimum atomic E-state index is -1.13. The number of aliphatic carboxylic acids is 1. The molecule has 20 heavy (non-hydrogen) atoms. The number of carbonyl (C=O) groups excluding carboxylic acids is 2. The molecule has 5 nitrogen and oxygen atoms in total. The first kappa shape index (κ1) is 12.8. The second-order valence-corrected chi connectivity index (χ2v) is 5.36. The molecule has 2 aliphatic carbocycles. The molecule has 1 saturated carbocycles. The van der Waals surface area contributed by atoms with Crippen LogP contribution in [0, 0.1) is 23.7 Å². The van der Waals surface area contributed by atoms with Crippen molar-refractivity contribution in [3.63, 3.8) is 0 Å². The maximum Gasteiger partial charge on any atom is 0.224 e. The SMILES string of the molecule is O=C([O-])[C@@H]1[C@H](C(=O)NCc2ccccn2)[C@H]2C=C[C@H]1C2. The highest BCUT2D eigenvalue weighted by atomic mass is 16.4. The molecule has 1 aromatic heterocycles. The second kappa shape index (κ2) is 5.07. The van der Waals surface area contributed by atoms with E-state index in [4.69, 9.17) is 0 Å². The molecule has 1 N–H and O–H groups in total. The molecule has 5 heteroatoms. The lowest BCUT2D eigenvalue weighted by atomic mass is 9.82. The fourth-order valence-electron chi connectivity index (χ4n) is 3.30. The maximum atomic E-state index is 12.3. The van der Waals surface area contributed by atoms with Gasteiger partial charge in [-0.3, -0.25) is 9.78 Å². The van der Waals surface area contributed by atoms with Crippen molar-refractivity contribution in [1.82, 2.24) is 10.3 Å². The Labute approximate surface area is 116 Å². The summed E-state index contributed by atoms with van der Waals surface area (Å²) in [7, 11) is 0. The Morgan fingerprint density at radius 1 is 1.25 bits per heavy atom. The highest BCUT2D eigenvalue weighted by Gasteiger charge is 2.48. The molecule has 0 unspecified atom stereocenters. The third-order valence-electron chi connectivity index (χ3n) is 4.20. The van der Waals surface area contributed by atoms with E-state index in [0.717, 1.165) is 12.1 Å². The van der Waals surface area contributed by atoms with Gasteiger partial charge in [0.1, 0.15) is 0 Å². The predicted molar refractivity (Wildman–Crippen MR) is 68.8 cm³/mol. The van der Waals surface area contributed by atoms with E-state index >= 15 is 0 Å². The van der Waals surface area contributed by atoms with Crippen LogP contribution >= 0.6 is 0 Å². The van der Waals surface area contributed by atoms with Crippen molar-refractivity contribution in [2.24, 2.45) is 23.7 Å². The van der Waals surface area contributed by atoms with Gasteiger partial charge in [-0.25, -0.2) is 0 Å². The topological polar surface area (TPSA) is 82.1 Å². The quantitative estimate of drug-likeness (QED) is 0.774. The van der Waals surface area contributed by atoms with Crippen LogP contribution in [-0.4, -0.2) is 16.9 Å². The number of carboxylic acids is 1. The van der Waals surface area contributed by atoms with E-state index in [1.54, 1.807) is 12.3 Å². The molecular weight excluding hydrogens is 256 g/mol. The van der Waals surface area contributed by atoms with E-state index in [0.29, 0.717) is 6.54 Å². The normalized spacial score (nSPS) is 30.4. The molecular formula is C15H15N2O3-. The molecule has 0 spiro atoms. The Bertz CT molecular complexity index is 555. The van der Waals surface area contributed by atoms with E-state index in [9.17, 15) is 14.7 Å². The monoisotopic (exact) mass is 271 g/mol. The number of hydrogen-bond donors (Lipinski definition) is 1. The average molecular weight is 271 g/mol. The molecule has 1 aromatic rings. The lowest BCUT2D eigenvalue weighted by Crippen LogP contribution is -2.44. The standard InChI is InChI=1S/C15H16N2O3/c18-14(17-8-11-3-1-2-6-16-11)12-9-4-5-10(7-9)13(12)15(19)20/h1-6,9-10,12-13H,7-8H2,(H,17,18)(H,19,20)/p-1/t9-,10-,12+,13-/m0/s1. The second-order valence-electron chi connectivity index (χ2n) is 5.36. The molecule has 0 aliphatic heterocycles. The number of hydrogen-bond acceptors (Lipinski definition) is 4. The Hall–Kier alpha value is -2.17. The Morgan fingerprint density at radius 2 is 2.00 bits per heavy atom. The van der Waals surface area contributed by atoms with Crippen molar-refractivity contribution in [3.8, 4) is 0 Å². The number of aromatic nitrogens is 1. The molecule has 1 amide bonds. The fourth-order valence-corrected chi connectivity index (χ4v) is 3.30. The summed E-state index contributed by atoms with van der Waals surface area (Å²) in [5.41, 5.74) is 0.754. The first-order valence-corrected chi connectivity index (χ1v) is 6.73. The van der Waals surface area contributed by atoms with Crippen molar-refractivity contribution >= 4 is 11.9 Å². The fraction of sp³-hybridized carbons (Fsp3) is 0.400. The molecule has 0 radical (unpaired) electrons. The van der Waals surface area contributed by atoms with Crippen LogP contribution in [0.2, 0.25) is 0 Å². The Kier molecular flexibility index (Phi) is 3.26. The average Bonchev–Trinajstić information content (AvgIpc) is 3.06. The van der Waals surface area contributed by atoms with Crippen LogP contribution in [0.3, 0.4) is 0 Å². The minimum absolute atomic E-state index is 0.0200. The van der Waals surface area contributed by atoms with Gasteiger partial charge in [0.15, 0.2) is 0 Å². The summed E-state index contributed by atoms with van der Waals surface area (Å²) in [4.78, 5) is 27.6. The number of carboxylic acid groups (broad SMARTS) is 1. The molecule has 104 valence electrons. The maximum absolute atomic E-state index is 12.3. The van der Waals surface area contributed by atoms with Gasteiger partial charge in [-0.2, -0.15) is 0 Å². The first-order valence-electron chi connectivity index (χ1n) is 6.73. The van der Waals surface area contributed by atoms with Crippen LogP contribution in [-0.2, 0) is 16.1 Å². The van der Waals surface area contributed by atoms with Gasteiger partial charge < -0.3 is 15.2 Å².